The van der Waals surface area contributed by atoms with E-state index in [1.54, 1.807) is 0 Å². The monoisotopic (exact) mass is 313 g/mol. The summed E-state index contributed by atoms with van der Waals surface area (Å²) >= 11 is 0. The summed E-state index contributed by atoms with van der Waals surface area (Å²) in [5.74, 6) is 0. The molecule has 0 amide bonds. The summed E-state index contributed by atoms with van der Waals surface area (Å²) in [5.41, 5.74) is 3.94. The van der Waals surface area contributed by atoms with Crippen molar-refractivity contribution in [1.29, 1.82) is 0 Å². The smallest absolute Gasteiger partial charge is 0.0956 e. The number of nitrogens with zero attached hydrogens (tertiary/aromatic N) is 2. The molecule has 0 aliphatic carbocycles. The molecule has 126 valence electrons. The number of aromatic nitrogens is 2. The average molecular weight is 313 g/mol. The van der Waals surface area contributed by atoms with Crippen molar-refractivity contribution >= 4 is 0 Å². The lowest BCUT2D eigenvalue weighted by Gasteiger charge is -2.18. The van der Waals surface area contributed by atoms with Crippen LogP contribution in [0.4, 0.5) is 0 Å². The molecule has 0 saturated carbocycles. The van der Waals surface area contributed by atoms with E-state index in [-0.39, 0.29) is 0 Å². The molecule has 3 nitrogen and oxygen atoms in total. The van der Waals surface area contributed by atoms with Crippen LogP contribution in [-0.2, 0) is 6.42 Å². The Bertz CT molecular complexity index is 603. The second-order valence-electron chi connectivity index (χ2n) is 8.05. The third-order valence-corrected chi connectivity index (χ3v) is 3.92. The molecule has 0 fully saturated rings. The number of benzene rings is 1. The minimum Gasteiger partial charge on any atom is -0.333 e. The van der Waals surface area contributed by atoms with Crippen LogP contribution in [-0.4, -0.2) is 22.1 Å². The minimum absolute atomic E-state index is 0.321. The van der Waals surface area contributed by atoms with Crippen molar-refractivity contribution in [2.45, 2.75) is 60.0 Å². The van der Waals surface area contributed by atoms with E-state index in [1.165, 1.54) is 11.1 Å². The summed E-state index contributed by atoms with van der Waals surface area (Å²) in [6.45, 7) is 14.3. The number of rotatable bonds is 6. The Morgan fingerprint density at radius 1 is 1.09 bits per heavy atom. The Hall–Kier alpha value is -1.61. The van der Waals surface area contributed by atoms with Crippen molar-refractivity contribution in [1.82, 2.24) is 14.9 Å². The number of hydrogen-bond acceptors (Lipinski definition) is 2. The molecule has 3 heteroatoms. The summed E-state index contributed by atoms with van der Waals surface area (Å²) < 4.78 is 2.19. The number of hydrogen-bond donors (Lipinski definition) is 1. The highest BCUT2D eigenvalue weighted by atomic mass is 15.1. The van der Waals surface area contributed by atoms with E-state index in [2.05, 4.69) is 86.9 Å². The van der Waals surface area contributed by atoms with Crippen LogP contribution in [0, 0.1) is 5.41 Å². The van der Waals surface area contributed by atoms with Gasteiger partial charge >= 0.3 is 0 Å². The molecule has 1 atom stereocenters. The van der Waals surface area contributed by atoms with Gasteiger partial charge in [-0.3, -0.25) is 0 Å². The van der Waals surface area contributed by atoms with E-state index in [0.717, 1.165) is 18.7 Å². The molecule has 0 aliphatic rings. The third-order valence-electron chi connectivity index (χ3n) is 3.92. The zero-order valence-corrected chi connectivity index (χ0v) is 15.4. The molecule has 0 radical (unpaired) electrons. The first kappa shape index (κ1) is 17.7. The predicted molar refractivity (Wildman–Crippen MR) is 98.7 cm³/mol. The summed E-state index contributed by atoms with van der Waals surface area (Å²) in [5, 5.41) is 3.47. The van der Waals surface area contributed by atoms with E-state index < -0.39 is 0 Å². The minimum atomic E-state index is 0.321. The van der Waals surface area contributed by atoms with Crippen molar-refractivity contribution in [3.8, 4) is 11.3 Å². The fraction of sp³-hybridized carbons (Fsp3) is 0.550. The van der Waals surface area contributed by atoms with Crippen LogP contribution >= 0.6 is 0 Å². The standard InChI is InChI=1S/C20H31N3/c1-15(2)21-12-16(3)23-13-19(22-14-23)18-9-7-17(8-10-18)11-20(4,5)6/h7-10,13-16,21H,11-12H2,1-6H3/t16-/m1/s1. The zero-order valence-electron chi connectivity index (χ0n) is 15.4. The lowest BCUT2D eigenvalue weighted by molar-refractivity contribution is 0.411. The third kappa shape index (κ3) is 5.51. The molecular formula is C20H31N3. The normalized spacial score (nSPS) is 13.5. The molecule has 2 aromatic rings. The van der Waals surface area contributed by atoms with Gasteiger partial charge in [0.2, 0.25) is 0 Å². The second-order valence-corrected chi connectivity index (χ2v) is 8.05. The van der Waals surface area contributed by atoms with Crippen LogP contribution in [0.3, 0.4) is 0 Å². The van der Waals surface area contributed by atoms with Crippen LogP contribution in [0.15, 0.2) is 36.8 Å². The van der Waals surface area contributed by atoms with Crippen molar-refractivity contribution in [2.24, 2.45) is 5.41 Å². The quantitative estimate of drug-likeness (QED) is 0.838. The van der Waals surface area contributed by atoms with E-state index >= 15 is 0 Å². The molecule has 1 aromatic heterocycles. The van der Waals surface area contributed by atoms with E-state index in [4.69, 9.17) is 0 Å². The zero-order chi connectivity index (χ0) is 17.0. The van der Waals surface area contributed by atoms with Crippen molar-refractivity contribution in [2.75, 3.05) is 6.54 Å². The highest BCUT2D eigenvalue weighted by molar-refractivity contribution is 5.58. The van der Waals surface area contributed by atoms with Gasteiger partial charge in [-0.05, 0) is 24.3 Å². The highest BCUT2D eigenvalue weighted by Gasteiger charge is 2.12. The first-order valence-electron chi connectivity index (χ1n) is 8.61. The molecule has 0 spiro atoms. The van der Waals surface area contributed by atoms with Gasteiger partial charge in [-0.1, -0.05) is 58.9 Å². The molecule has 1 heterocycles. The van der Waals surface area contributed by atoms with E-state index in [0.29, 0.717) is 17.5 Å². The maximum Gasteiger partial charge on any atom is 0.0956 e. The molecule has 0 unspecified atom stereocenters. The molecule has 23 heavy (non-hydrogen) atoms. The van der Waals surface area contributed by atoms with E-state index in [1.807, 2.05) is 6.33 Å². The lowest BCUT2D eigenvalue weighted by atomic mass is 9.88. The van der Waals surface area contributed by atoms with Gasteiger partial charge in [-0.2, -0.15) is 0 Å². The van der Waals surface area contributed by atoms with Crippen LogP contribution < -0.4 is 5.32 Å². The van der Waals surface area contributed by atoms with Gasteiger partial charge < -0.3 is 9.88 Å². The van der Waals surface area contributed by atoms with Crippen LogP contribution in [0.25, 0.3) is 11.3 Å². The first-order valence-corrected chi connectivity index (χ1v) is 8.61. The van der Waals surface area contributed by atoms with Gasteiger partial charge in [0.15, 0.2) is 0 Å². The van der Waals surface area contributed by atoms with Crippen molar-refractivity contribution < 1.29 is 0 Å². The summed E-state index contributed by atoms with van der Waals surface area (Å²) in [6.07, 6.45) is 5.18. The Balaban J connectivity index is 2.05. The Kier molecular flexibility index (Phi) is 5.64. The molecule has 2 rings (SSSR count). The van der Waals surface area contributed by atoms with E-state index in [9.17, 15) is 0 Å². The van der Waals surface area contributed by atoms with Gasteiger partial charge in [0.25, 0.3) is 0 Å². The fourth-order valence-corrected chi connectivity index (χ4v) is 2.64. The lowest BCUT2D eigenvalue weighted by Crippen LogP contribution is -2.28. The van der Waals surface area contributed by atoms with Gasteiger partial charge in [0.1, 0.15) is 0 Å². The summed E-state index contributed by atoms with van der Waals surface area (Å²) in [7, 11) is 0. The predicted octanol–water partition coefficient (Wildman–Crippen LogP) is 4.70. The Morgan fingerprint density at radius 3 is 2.30 bits per heavy atom. The molecule has 0 bridgehead atoms. The summed E-state index contributed by atoms with van der Waals surface area (Å²) in [6, 6.07) is 9.73. The average Bonchev–Trinajstić information content (AvgIpc) is 2.93. The van der Waals surface area contributed by atoms with Crippen LogP contribution in [0.1, 0.15) is 53.1 Å². The fourth-order valence-electron chi connectivity index (χ4n) is 2.64. The first-order chi connectivity index (χ1) is 10.7. The summed E-state index contributed by atoms with van der Waals surface area (Å²) in [4.78, 5) is 4.57. The maximum absolute atomic E-state index is 4.57. The Labute approximate surface area is 141 Å². The molecular weight excluding hydrogens is 282 g/mol. The van der Waals surface area contributed by atoms with Crippen molar-refractivity contribution in [3.05, 3.63) is 42.4 Å². The maximum atomic E-state index is 4.57. The number of imidazole rings is 1. The molecule has 1 N–H and O–H groups in total. The van der Waals surface area contributed by atoms with Crippen LogP contribution in [0.2, 0.25) is 0 Å². The van der Waals surface area contributed by atoms with Crippen LogP contribution in [0.5, 0.6) is 0 Å². The Morgan fingerprint density at radius 2 is 1.74 bits per heavy atom. The molecule has 0 aliphatic heterocycles. The van der Waals surface area contributed by atoms with Gasteiger partial charge in [0, 0.05) is 30.4 Å². The number of nitrogens with one attached hydrogen (secondary N) is 1. The second kappa shape index (κ2) is 7.31. The largest absolute Gasteiger partial charge is 0.333 e. The van der Waals surface area contributed by atoms with Gasteiger partial charge in [-0.25, -0.2) is 4.98 Å². The highest BCUT2D eigenvalue weighted by Crippen LogP contribution is 2.24. The molecule has 1 aromatic carbocycles. The molecule has 0 saturated heterocycles. The SMILES string of the molecule is CC(C)NC[C@@H](C)n1cnc(-c2ccc(CC(C)(C)C)cc2)c1. The van der Waals surface area contributed by atoms with Gasteiger partial charge in [0.05, 0.1) is 12.0 Å². The van der Waals surface area contributed by atoms with Crippen molar-refractivity contribution in [3.63, 3.8) is 0 Å². The topological polar surface area (TPSA) is 29.9 Å². The van der Waals surface area contributed by atoms with Gasteiger partial charge in [-0.15, -0.1) is 0 Å².